The summed E-state index contributed by atoms with van der Waals surface area (Å²) in [6, 6.07) is 17.1. The minimum Gasteiger partial charge on any atom is -0.350 e. The quantitative estimate of drug-likeness (QED) is 0.508. The Balaban J connectivity index is 1.52. The largest absolute Gasteiger partial charge is 0.350 e. The third-order valence-corrected chi connectivity index (χ3v) is 5.52. The van der Waals surface area contributed by atoms with Crippen molar-refractivity contribution in [2.45, 2.75) is 32.4 Å². The molecule has 1 aliphatic rings. The third kappa shape index (κ3) is 4.27. The second kappa shape index (κ2) is 8.95. The fourth-order valence-corrected chi connectivity index (χ4v) is 3.92. The first kappa shape index (κ1) is 19.9. The topological polar surface area (TPSA) is 71.4 Å². The van der Waals surface area contributed by atoms with Crippen molar-refractivity contribution >= 4 is 28.5 Å². The van der Waals surface area contributed by atoms with Crippen molar-refractivity contribution in [2.24, 2.45) is 0 Å². The van der Waals surface area contributed by atoms with Gasteiger partial charge in [-0.2, -0.15) is 0 Å². The Morgan fingerprint density at radius 2 is 1.57 bits per heavy atom. The highest BCUT2D eigenvalue weighted by molar-refractivity contribution is 6.44. The van der Waals surface area contributed by atoms with Crippen molar-refractivity contribution in [3.05, 3.63) is 71.9 Å². The molecule has 30 heavy (non-hydrogen) atoms. The van der Waals surface area contributed by atoms with E-state index in [0.29, 0.717) is 30.6 Å². The molecular weight excluding hydrogens is 378 g/mol. The number of ketones is 1. The second-order valence-corrected chi connectivity index (χ2v) is 7.63. The van der Waals surface area contributed by atoms with Crippen LogP contribution >= 0.6 is 0 Å². The number of nitrogens with zero attached hydrogens (tertiary/aromatic N) is 2. The van der Waals surface area contributed by atoms with Gasteiger partial charge in [0.25, 0.3) is 11.7 Å². The first-order chi connectivity index (χ1) is 14.6. The van der Waals surface area contributed by atoms with E-state index in [9.17, 15) is 14.4 Å². The van der Waals surface area contributed by atoms with Gasteiger partial charge in [-0.05, 0) is 30.9 Å². The molecule has 0 unspecified atom stereocenters. The van der Waals surface area contributed by atoms with E-state index < -0.39 is 11.7 Å². The van der Waals surface area contributed by atoms with Crippen molar-refractivity contribution < 1.29 is 14.4 Å². The lowest BCUT2D eigenvalue weighted by Gasteiger charge is -2.25. The number of rotatable bonds is 6. The Kier molecular flexibility index (Phi) is 5.93. The first-order valence-electron chi connectivity index (χ1n) is 10.4. The lowest BCUT2D eigenvalue weighted by molar-refractivity contribution is -0.127. The molecule has 0 radical (unpaired) electrons. The second-order valence-electron chi connectivity index (χ2n) is 7.63. The number of carbonyl (C=O) groups is 3. The van der Waals surface area contributed by atoms with Gasteiger partial charge in [-0.3, -0.25) is 14.4 Å². The van der Waals surface area contributed by atoms with Gasteiger partial charge in [0.1, 0.15) is 6.54 Å². The van der Waals surface area contributed by atoms with Gasteiger partial charge in [0.15, 0.2) is 0 Å². The molecule has 2 amide bonds. The van der Waals surface area contributed by atoms with Crippen LogP contribution in [0.25, 0.3) is 10.9 Å². The van der Waals surface area contributed by atoms with E-state index in [2.05, 4.69) is 5.32 Å². The molecule has 3 aromatic rings. The van der Waals surface area contributed by atoms with E-state index in [1.54, 1.807) is 15.7 Å². The maximum atomic E-state index is 13.0. The van der Waals surface area contributed by atoms with Crippen LogP contribution in [0.15, 0.2) is 60.8 Å². The highest BCUT2D eigenvalue weighted by atomic mass is 16.2. The number of fused-ring (bicyclic) bond motifs is 1. The predicted molar refractivity (Wildman–Crippen MR) is 115 cm³/mol. The van der Waals surface area contributed by atoms with Crippen molar-refractivity contribution in [2.75, 3.05) is 13.1 Å². The molecule has 1 aromatic heterocycles. The van der Waals surface area contributed by atoms with Crippen molar-refractivity contribution in [1.29, 1.82) is 0 Å². The summed E-state index contributed by atoms with van der Waals surface area (Å²) < 4.78 is 1.74. The molecule has 2 aromatic carbocycles. The number of likely N-dealkylation sites (tertiary alicyclic amines) is 1. The number of amides is 2. The summed E-state index contributed by atoms with van der Waals surface area (Å²) in [5.74, 6) is -1.11. The summed E-state index contributed by atoms with van der Waals surface area (Å²) in [5.41, 5.74) is 2.14. The molecule has 2 heterocycles. The van der Waals surface area contributed by atoms with Gasteiger partial charge in [-0.15, -0.1) is 0 Å². The van der Waals surface area contributed by atoms with Crippen LogP contribution in [0.2, 0.25) is 0 Å². The fraction of sp³-hybridized carbons (Fsp3) is 0.292. The highest BCUT2D eigenvalue weighted by Crippen LogP contribution is 2.23. The van der Waals surface area contributed by atoms with Crippen LogP contribution in [-0.4, -0.2) is 40.2 Å². The lowest BCUT2D eigenvalue weighted by atomic mass is 10.1. The minimum atomic E-state index is -0.503. The highest BCUT2D eigenvalue weighted by Gasteiger charge is 2.27. The Hall–Kier alpha value is -3.41. The number of benzene rings is 2. The first-order valence-corrected chi connectivity index (χ1v) is 10.4. The lowest BCUT2D eigenvalue weighted by Crippen LogP contribution is -2.40. The van der Waals surface area contributed by atoms with Crippen LogP contribution in [0.4, 0.5) is 0 Å². The summed E-state index contributed by atoms with van der Waals surface area (Å²) in [6.07, 6.45) is 4.59. The smallest absolute Gasteiger partial charge is 0.295 e. The van der Waals surface area contributed by atoms with Crippen molar-refractivity contribution in [1.82, 2.24) is 14.8 Å². The van der Waals surface area contributed by atoms with Gasteiger partial charge >= 0.3 is 0 Å². The summed E-state index contributed by atoms with van der Waals surface area (Å²) in [6.45, 7) is 1.78. The van der Waals surface area contributed by atoms with Crippen molar-refractivity contribution in [3.63, 3.8) is 0 Å². The average molecular weight is 403 g/mol. The third-order valence-electron chi connectivity index (χ3n) is 5.52. The predicted octanol–water partition coefficient (Wildman–Crippen LogP) is 3.15. The Morgan fingerprint density at radius 1 is 0.867 bits per heavy atom. The van der Waals surface area contributed by atoms with Gasteiger partial charge in [0, 0.05) is 36.7 Å². The molecule has 4 rings (SSSR count). The molecule has 6 heteroatoms. The van der Waals surface area contributed by atoms with E-state index in [-0.39, 0.29) is 12.5 Å². The Labute approximate surface area is 175 Å². The van der Waals surface area contributed by atoms with E-state index in [1.807, 2.05) is 54.6 Å². The zero-order chi connectivity index (χ0) is 20.9. The maximum Gasteiger partial charge on any atom is 0.295 e. The number of Topliss-reactive ketones (excluding diaryl/α,β-unsaturated/α-hetero) is 1. The molecule has 154 valence electrons. The number of aromatic nitrogens is 1. The van der Waals surface area contributed by atoms with Crippen LogP contribution in [-0.2, 0) is 22.7 Å². The monoisotopic (exact) mass is 403 g/mol. The molecule has 1 saturated heterocycles. The van der Waals surface area contributed by atoms with Crippen LogP contribution in [0.1, 0.15) is 35.2 Å². The van der Waals surface area contributed by atoms with E-state index in [4.69, 9.17) is 0 Å². The van der Waals surface area contributed by atoms with Crippen molar-refractivity contribution in [3.8, 4) is 0 Å². The standard InChI is InChI=1S/C24H25N3O3/c28-22(25-15-18-9-3-1-4-10-18)17-27-16-20(19-11-5-6-12-21(19)27)23(29)24(30)26-13-7-2-8-14-26/h1,3-6,9-12,16H,2,7-8,13-15,17H2,(H,25,28). The van der Waals surface area contributed by atoms with Gasteiger partial charge < -0.3 is 14.8 Å². The summed E-state index contributed by atoms with van der Waals surface area (Å²) >= 11 is 0. The number of hydrogen-bond donors (Lipinski definition) is 1. The summed E-state index contributed by atoms with van der Waals surface area (Å²) in [5, 5.41) is 3.60. The van der Waals surface area contributed by atoms with Crippen LogP contribution in [0.3, 0.4) is 0 Å². The van der Waals surface area contributed by atoms with E-state index in [0.717, 1.165) is 30.3 Å². The van der Waals surface area contributed by atoms with Crippen LogP contribution in [0.5, 0.6) is 0 Å². The van der Waals surface area contributed by atoms with Crippen LogP contribution < -0.4 is 5.32 Å². The molecule has 0 spiro atoms. The average Bonchev–Trinajstić information content (AvgIpc) is 3.16. The Bertz CT molecular complexity index is 1070. The maximum absolute atomic E-state index is 13.0. The van der Waals surface area contributed by atoms with Crippen LogP contribution in [0, 0.1) is 0 Å². The SMILES string of the molecule is O=C(Cn1cc(C(=O)C(=O)N2CCCCC2)c2ccccc21)NCc1ccccc1. The van der Waals surface area contributed by atoms with Gasteiger partial charge in [-0.1, -0.05) is 48.5 Å². The number of hydrogen-bond acceptors (Lipinski definition) is 3. The van der Waals surface area contributed by atoms with Gasteiger partial charge in [0.05, 0.1) is 5.56 Å². The Morgan fingerprint density at radius 3 is 2.33 bits per heavy atom. The normalized spacial score (nSPS) is 13.9. The molecule has 6 nitrogen and oxygen atoms in total. The van der Waals surface area contributed by atoms with E-state index >= 15 is 0 Å². The zero-order valence-corrected chi connectivity index (χ0v) is 16.8. The molecule has 1 fully saturated rings. The molecule has 0 saturated carbocycles. The number of para-hydroxylation sites is 1. The zero-order valence-electron chi connectivity index (χ0n) is 16.8. The molecule has 0 aliphatic carbocycles. The number of piperidine rings is 1. The fourth-order valence-electron chi connectivity index (χ4n) is 3.92. The molecule has 0 atom stereocenters. The van der Waals surface area contributed by atoms with Gasteiger partial charge in [-0.25, -0.2) is 0 Å². The number of carbonyl (C=O) groups excluding carboxylic acids is 3. The molecular formula is C24H25N3O3. The molecule has 1 N–H and O–H groups in total. The summed E-state index contributed by atoms with van der Waals surface area (Å²) in [4.78, 5) is 39.8. The summed E-state index contributed by atoms with van der Waals surface area (Å²) in [7, 11) is 0. The molecule has 1 aliphatic heterocycles. The minimum absolute atomic E-state index is 0.0819. The van der Waals surface area contributed by atoms with Gasteiger partial charge in [0.2, 0.25) is 5.91 Å². The number of nitrogens with one attached hydrogen (secondary N) is 1. The molecule has 0 bridgehead atoms. The van der Waals surface area contributed by atoms with E-state index in [1.165, 1.54) is 0 Å².